The normalized spacial score (nSPS) is 13.9. The van der Waals surface area contributed by atoms with Crippen LogP contribution in [0, 0.1) is 0 Å². The second kappa shape index (κ2) is 11.5. The lowest BCUT2D eigenvalue weighted by Gasteiger charge is -2.19. The lowest BCUT2D eigenvalue weighted by atomic mass is 10.1. The molecule has 1 aromatic heterocycles. The highest BCUT2D eigenvalue weighted by Gasteiger charge is 2.33. The van der Waals surface area contributed by atoms with Gasteiger partial charge in [0.05, 0.1) is 26.9 Å². The van der Waals surface area contributed by atoms with Crippen molar-refractivity contribution in [2.24, 2.45) is 0 Å². The van der Waals surface area contributed by atoms with Crippen LogP contribution in [0.2, 0.25) is 0 Å². The highest BCUT2D eigenvalue weighted by atomic mass is 79.9. The molecular formula is C30H28BrNO8S. The molecule has 0 spiro atoms. The Morgan fingerprint density at radius 3 is 2.20 bits per heavy atom. The van der Waals surface area contributed by atoms with E-state index >= 15 is 0 Å². The van der Waals surface area contributed by atoms with Gasteiger partial charge in [-0.05, 0) is 35.9 Å². The van der Waals surface area contributed by atoms with Gasteiger partial charge < -0.3 is 33.7 Å². The summed E-state index contributed by atoms with van der Waals surface area (Å²) in [7, 11) is 4.56. The summed E-state index contributed by atoms with van der Waals surface area (Å²) in [6, 6.07) is 14.1. The fourth-order valence-electron chi connectivity index (χ4n) is 4.50. The van der Waals surface area contributed by atoms with Crippen LogP contribution in [0.3, 0.4) is 0 Å². The zero-order valence-corrected chi connectivity index (χ0v) is 25.4. The molecule has 1 atom stereocenters. The molecule has 0 aliphatic carbocycles. The molecule has 9 nitrogen and oxygen atoms in total. The molecule has 41 heavy (non-hydrogen) atoms. The van der Waals surface area contributed by atoms with Gasteiger partial charge in [-0.25, -0.2) is 4.79 Å². The molecule has 0 fully saturated rings. The number of halogens is 1. The SMILES string of the molecule is COc1cc(CNC(=O)C(OC(=O)c2csc3cc4c(cc23)OC(C)(C)O4)c2ccc(Br)cc2)cc(OC)c1OC. The second-order valence-electron chi connectivity index (χ2n) is 9.64. The number of carbonyl (C=O) groups is 2. The standard InChI is InChI=1S/C30H28BrNO8S/c1-30(2)39-21-12-19-20(15-41-25(19)13-22(21)40-30)29(34)38-26(17-6-8-18(31)9-7-17)28(33)32-14-16-10-23(35-3)27(37-5)24(11-16)36-4/h6-13,15,26H,14H2,1-5H3,(H,32,33). The summed E-state index contributed by atoms with van der Waals surface area (Å²) < 4.78 is 35.4. The third kappa shape index (κ3) is 5.91. The van der Waals surface area contributed by atoms with Crippen LogP contribution in [0.25, 0.3) is 10.1 Å². The molecule has 11 heteroatoms. The molecule has 1 aliphatic rings. The van der Waals surface area contributed by atoms with Crippen molar-refractivity contribution in [3.05, 3.63) is 75.1 Å². The van der Waals surface area contributed by atoms with Gasteiger partial charge in [0.2, 0.25) is 17.6 Å². The van der Waals surface area contributed by atoms with Gasteiger partial charge in [-0.15, -0.1) is 11.3 Å². The Labute approximate surface area is 249 Å². The quantitative estimate of drug-likeness (QED) is 0.209. The van der Waals surface area contributed by atoms with E-state index in [2.05, 4.69) is 21.2 Å². The van der Waals surface area contributed by atoms with Crippen molar-refractivity contribution in [3.8, 4) is 28.7 Å². The number of methoxy groups -OCH3 is 3. The number of ether oxygens (including phenoxy) is 6. The third-order valence-corrected chi connectivity index (χ3v) is 7.87. The van der Waals surface area contributed by atoms with Crippen LogP contribution in [0.5, 0.6) is 28.7 Å². The summed E-state index contributed by atoms with van der Waals surface area (Å²) in [6.45, 7) is 3.76. The van der Waals surface area contributed by atoms with Crippen LogP contribution in [0.4, 0.5) is 0 Å². The molecule has 0 saturated carbocycles. The van der Waals surface area contributed by atoms with Crippen molar-refractivity contribution < 1.29 is 38.0 Å². The number of fused-ring (bicyclic) bond motifs is 2. The molecule has 0 bridgehead atoms. The fourth-order valence-corrected chi connectivity index (χ4v) is 5.71. The lowest BCUT2D eigenvalue weighted by Crippen LogP contribution is -2.32. The number of amides is 1. The van der Waals surface area contributed by atoms with Gasteiger partial charge in [0, 0.05) is 52.0 Å². The Morgan fingerprint density at radius 1 is 0.951 bits per heavy atom. The first-order valence-electron chi connectivity index (χ1n) is 12.6. The molecule has 214 valence electrons. The van der Waals surface area contributed by atoms with Gasteiger partial charge in [0.15, 0.2) is 23.0 Å². The number of thiophene rings is 1. The fraction of sp³-hybridized carbons (Fsp3) is 0.267. The van der Waals surface area contributed by atoms with E-state index in [-0.39, 0.29) is 6.54 Å². The van der Waals surface area contributed by atoms with Gasteiger partial charge >= 0.3 is 5.97 Å². The maximum Gasteiger partial charge on any atom is 0.340 e. The minimum absolute atomic E-state index is 0.126. The van der Waals surface area contributed by atoms with Gasteiger partial charge in [0.1, 0.15) is 0 Å². The lowest BCUT2D eigenvalue weighted by molar-refractivity contribution is -0.130. The number of rotatable bonds is 9. The highest BCUT2D eigenvalue weighted by molar-refractivity contribution is 9.10. The minimum Gasteiger partial charge on any atom is -0.493 e. The minimum atomic E-state index is -1.21. The van der Waals surface area contributed by atoms with Gasteiger partial charge in [-0.3, -0.25) is 4.79 Å². The molecule has 1 aliphatic heterocycles. The number of esters is 1. The Balaban J connectivity index is 1.40. The van der Waals surface area contributed by atoms with E-state index < -0.39 is 23.8 Å². The van der Waals surface area contributed by atoms with Crippen molar-refractivity contribution in [1.82, 2.24) is 5.32 Å². The van der Waals surface area contributed by atoms with E-state index in [0.717, 1.165) is 9.17 Å². The molecule has 0 radical (unpaired) electrons. The first kappa shape index (κ1) is 28.6. The second-order valence-corrected chi connectivity index (χ2v) is 11.5. The summed E-state index contributed by atoms with van der Waals surface area (Å²) in [5.41, 5.74) is 1.56. The van der Waals surface area contributed by atoms with E-state index in [1.807, 2.05) is 19.9 Å². The van der Waals surface area contributed by atoms with E-state index in [1.54, 1.807) is 47.8 Å². The Morgan fingerprint density at radius 2 is 1.59 bits per heavy atom. The Hall–Kier alpha value is -3.96. The van der Waals surface area contributed by atoms with Crippen LogP contribution < -0.4 is 29.0 Å². The predicted molar refractivity (Wildman–Crippen MR) is 157 cm³/mol. The summed E-state index contributed by atoms with van der Waals surface area (Å²) in [6.07, 6.45) is -1.21. The van der Waals surface area contributed by atoms with Crippen molar-refractivity contribution in [2.75, 3.05) is 21.3 Å². The predicted octanol–water partition coefficient (Wildman–Crippen LogP) is 6.41. The van der Waals surface area contributed by atoms with E-state index in [1.165, 1.54) is 32.7 Å². The first-order valence-corrected chi connectivity index (χ1v) is 14.3. The average Bonchev–Trinajstić information content (AvgIpc) is 3.50. The number of hydrogen-bond acceptors (Lipinski definition) is 9. The van der Waals surface area contributed by atoms with Crippen LogP contribution in [-0.4, -0.2) is 39.0 Å². The first-order chi connectivity index (χ1) is 19.6. The van der Waals surface area contributed by atoms with Crippen LogP contribution in [0.1, 0.15) is 41.4 Å². The largest absolute Gasteiger partial charge is 0.493 e. The maximum absolute atomic E-state index is 13.5. The zero-order chi connectivity index (χ0) is 29.3. The van der Waals surface area contributed by atoms with Crippen molar-refractivity contribution in [3.63, 3.8) is 0 Å². The van der Waals surface area contributed by atoms with Crippen LogP contribution in [-0.2, 0) is 16.1 Å². The summed E-state index contributed by atoms with van der Waals surface area (Å²) in [4.78, 5) is 27.0. The molecule has 1 amide bonds. The Bertz CT molecular complexity index is 1590. The van der Waals surface area contributed by atoms with Gasteiger partial charge in [0.25, 0.3) is 5.91 Å². The molecule has 5 rings (SSSR count). The third-order valence-electron chi connectivity index (χ3n) is 6.40. The molecule has 2 heterocycles. The zero-order valence-electron chi connectivity index (χ0n) is 23.0. The molecule has 0 saturated heterocycles. The van der Waals surface area contributed by atoms with E-state index in [4.69, 9.17) is 28.4 Å². The molecule has 1 unspecified atom stereocenters. The molecular weight excluding hydrogens is 614 g/mol. The van der Waals surface area contributed by atoms with Gasteiger partial charge in [-0.2, -0.15) is 0 Å². The molecule has 1 N–H and O–H groups in total. The topological polar surface area (TPSA) is 102 Å². The number of nitrogens with one attached hydrogen (secondary N) is 1. The van der Waals surface area contributed by atoms with Crippen LogP contribution >= 0.6 is 27.3 Å². The van der Waals surface area contributed by atoms with Gasteiger partial charge in [-0.1, -0.05) is 28.1 Å². The molecule has 4 aromatic rings. The highest BCUT2D eigenvalue weighted by Crippen LogP contribution is 2.44. The van der Waals surface area contributed by atoms with Crippen molar-refractivity contribution >= 4 is 49.2 Å². The Kier molecular flexibility index (Phi) is 8.01. The average molecular weight is 643 g/mol. The number of benzene rings is 3. The van der Waals surface area contributed by atoms with Crippen molar-refractivity contribution in [2.45, 2.75) is 32.3 Å². The molecule has 3 aromatic carbocycles. The number of carbonyl (C=O) groups excluding carboxylic acids is 2. The van der Waals surface area contributed by atoms with Crippen LogP contribution in [0.15, 0.2) is 58.4 Å². The van der Waals surface area contributed by atoms with E-state index in [0.29, 0.717) is 50.8 Å². The number of hydrogen-bond donors (Lipinski definition) is 1. The van der Waals surface area contributed by atoms with E-state index in [9.17, 15) is 9.59 Å². The summed E-state index contributed by atoms with van der Waals surface area (Å²) in [5.74, 6) is 0.598. The smallest absolute Gasteiger partial charge is 0.340 e. The monoisotopic (exact) mass is 641 g/mol. The summed E-state index contributed by atoms with van der Waals surface area (Å²) in [5, 5.41) is 5.24. The summed E-state index contributed by atoms with van der Waals surface area (Å²) >= 11 is 4.79. The van der Waals surface area contributed by atoms with Crippen molar-refractivity contribution in [1.29, 1.82) is 0 Å². The maximum atomic E-state index is 13.5.